The number of amides is 3. The second-order valence-electron chi connectivity index (χ2n) is 5.22. The van der Waals surface area contributed by atoms with Crippen LogP contribution in [0.3, 0.4) is 0 Å². The highest BCUT2D eigenvalue weighted by atomic mass is 35.5. The van der Waals surface area contributed by atoms with Gasteiger partial charge in [-0.15, -0.1) is 0 Å². The van der Waals surface area contributed by atoms with Crippen molar-refractivity contribution in [3.8, 4) is 0 Å². The van der Waals surface area contributed by atoms with Gasteiger partial charge >= 0.3 is 6.03 Å². The Hall–Kier alpha value is -2.60. The van der Waals surface area contributed by atoms with Gasteiger partial charge in [-0.05, 0) is 36.4 Å². The Labute approximate surface area is 138 Å². The van der Waals surface area contributed by atoms with Gasteiger partial charge in [0.15, 0.2) is 0 Å². The first-order chi connectivity index (χ1) is 11.1. The fourth-order valence-corrected chi connectivity index (χ4v) is 2.59. The molecule has 1 aromatic carbocycles. The molecule has 3 rings (SSSR count). The van der Waals surface area contributed by atoms with Gasteiger partial charge in [0.1, 0.15) is 0 Å². The summed E-state index contributed by atoms with van der Waals surface area (Å²) in [6.07, 6.45) is 3.46. The number of rotatable bonds is 3. The highest BCUT2D eigenvalue weighted by molar-refractivity contribution is 6.30. The van der Waals surface area contributed by atoms with E-state index in [0.29, 0.717) is 17.3 Å². The molecule has 2 aromatic rings. The van der Waals surface area contributed by atoms with Gasteiger partial charge in [0.2, 0.25) is 5.91 Å². The SMILES string of the molecule is O=C(Nc1ccncc1)NC1CC(=O)N(c2ccc(Cl)cc2)C1. The molecule has 0 bridgehead atoms. The molecule has 1 saturated heterocycles. The van der Waals surface area contributed by atoms with Crippen LogP contribution in [0.25, 0.3) is 0 Å². The maximum Gasteiger partial charge on any atom is 0.319 e. The summed E-state index contributed by atoms with van der Waals surface area (Å²) in [5.41, 5.74) is 1.43. The molecule has 2 N–H and O–H groups in total. The first-order valence-electron chi connectivity index (χ1n) is 7.15. The number of carbonyl (C=O) groups excluding carboxylic acids is 2. The van der Waals surface area contributed by atoms with Gasteiger partial charge in [0, 0.05) is 41.8 Å². The molecule has 7 heteroatoms. The average molecular weight is 331 g/mol. The molecule has 0 radical (unpaired) electrons. The lowest BCUT2D eigenvalue weighted by Crippen LogP contribution is -2.39. The zero-order chi connectivity index (χ0) is 16.2. The van der Waals surface area contributed by atoms with E-state index in [4.69, 9.17) is 11.6 Å². The Balaban J connectivity index is 1.59. The minimum Gasteiger partial charge on any atom is -0.333 e. The van der Waals surface area contributed by atoms with Gasteiger partial charge in [-0.1, -0.05) is 11.6 Å². The van der Waals surface area contributed by atoms with Crippen molar-refractivity contribution in [3.05, 3.63) is 53.8 Å². The first-order valence-corrected chi connectivity index (χ1v) is 7.53. The highest BCUT2D eigenvalue weighted by Crippen LogP contribution is 2.23. The zero-order valence-electron chi connectivity index (χ0n) is 12.2. The number of pyridine rings is 1. The van der Waals surface area contributed by atoms with Crippen molar-refractivity contribution < 1.29 is 9.59 Å². The summed E-state index contributed by atoms with van der Waals surface area (Å²) in [5, 5.41) is 6.14. The molecule has 1 atom stereocenters. The summed E-state index contributed by atoms with van der Waals surface area (Å²) in [6.45, 7) is 0.435. The normalized spacial score (nSPS) is 17.2. The summed E-state index contributed by atoms with van der Waals surface area (Å²) in [4.78, 5) is 29.6. The lowest BCUT2D eigenvalue weighted by atomic mass is 10.2. The van der Waals surface area contributed by atoms with Crippen LogP contribution in [0.2, 0.25) is 5.02 Å². The number of halogens is 1. The van der Waals surface area contributed by atoms with Crippen molar-refractivity contribution in [1.29, 1.82) is 0 Å². The van der Waals surface area contributed by atoms with Crippen molar-refractivity contribution in [3.63, 3.8) is 0 Å². The number of anilines is 2. The molecule has 1 aliphatic rings. The highest BCUT2D eigenvalue weighted by Gasteiger charge is 2.31. The summed E-state index contributed by atoms with van der Waals surface area (Å²) in [7, 11) is 0. The Kier molecular flexibility index (Phi) is 4.43. The lowest BCUT2D eigenvalue weighted by molar-refractivity contribution is -0.117. The Morgan fingerprint density at radius 3 is 2.57 bits per heavy atom. The Morgan fingerprint density at radius 1 is 1.17 bits per heavy atom. The van der Waals surface area contributed by atoms with Crippen LogP contribution in [0, 0.1) is 0 Å². The number of hydrogen-bond acceptors (Lipinski definition) is 3. The number of nitrogens with one attached hydrogen (secondary N) is 2. The van der Waals surface area contributed by atoms with E-state index < -0.39 is 0 Å². The number of nitrogens with zero attached hydrogens (tertiary/aromatic N) is 2. The second kappa shape index (κ2) is 6.66. The van der Waals surface area contributed by atoms with Gasteiger partial charge in [0.25, 0.3) is 0 Å². The van der Waals surface area contributed by atoms with Crippen LogP contribution in [-0.2, 0) is 4.79 Å². The van der Waals surface area contributed by atoms with Gasteiger partial charge in [0.05, 0.1) is 6.04 Å². The van der Waals surface area contributed by atoms with Crippen molar-refractivity contribution >= 4 is 34.9 Å². The minimum atomic E-state index is -0.341. The van der Waals surface area contributed by atoms with E-state index in [1.807, 2.05) is 0 Å². The lowest BCUT2D eigenvalue weighted by Gasteiger charge is -2.17. The van der Waals surface area contributed by atoms with Gasteiger partial charge in [-0.3, -0.25) is 9.78 Å². The zero-order valence-corrected chi connectivity index (χ0v) is 13.0. The Morgan fingerprint density at radius 2 is 1.87 bits per heavy atom. The quantitative estimate of drug-likeness (QED) is 0.908. The van der Waals surface area contributed by atoms with E-state index >= 15 is 0 Å². The van der Waals surface area contributed by atoms with E-state index in [0.717, 1.165) is 5.69 Å². The van der Waals surface area contributed by atoms with Crippen LogP contribution in [0.5, 0.6) is 0 Å². The largest absolute Gasteiger partial charge is 0.333 e. The molecule has 118 valence electrons. The van der Waals surface area contributed by atoms with Crippen LogP contribution >= 0.6 is 11.6 Å². The first kappa shape index (κ1) is 15.3. The van der Waals surface area contributed by atoms with E-state index in [-0.39, 0.29) is 24.4 Å². The van der Waals surface area contributed by atoms with E-state index in [1.54, 1.807) is 53.7 Å². The van der Waals surface area contributed by atoms with Gasteiger partial charge < -0.3 is 15.5 Å². The average Bonchev–Trinajstić information content (AvgIpc) is 2.89. The van der Waals surface area contributed by atoms with Crippen molar-refractivity contribution in [2.24, 2.45) is 0 Å². The number of carbonyl (C=O) groups is 2. The van der Waals surface area contributed by atoms with Crippen molar-refractivity contribution in [2.45, 2.75) is 12.5 Å². The minimum absolute atomic E-state index is 0.0264. The third-order valence-corrected chi connectivity index (χ3v) is 3.79. The van der Waals surface area contributed by atoms with E-state index in [1.165, 1.54) is 0 Å². The molecular weight excluding hydrogens is 316 g/mol. The maximum absolute atomic E-state index is 12.1. The molecule has 0 aliphatic carbocycles. The fourth-order valence-electron chi connectivity index (χ4n) is 2.46. The number of hydrogen-bond donors (Lipinski definition) is 2. The van der Waals surface area contributed by atoms with Gasteiger partial charge in [-0.25, -0.2) is 4.79 Å². The molecule has 2 heterocycles. The molecule has 6 nitrogen and oxygen atoms in total. The smallest absolute Gasteiger partial charge is 0.319 e. The summed E-state index contributed by atoms with van der Waals surface area (Å²) < 4.78 is 0. The van der Waals surface area contributed by atoms with Crippen LogP contribution in [0.4, 0.5) is 16.2 Å². The number of aromatic nitrogens is 1. The fraction of sp³-hybridized carbons (Fsp3) is 0.188. The van der Waals surface area contributed by atoms with Crippen LogP contribution < -0.4 is 15.5 Å². The third-order valence-electron chi connectivity index (χ3n) is 3.54. The van der Waals surface area contributed by atoms with E-state index in [2.05, 4.69) is 15.6 Å². The Bertz CT molecular complexity index is 706. The molecule has 1 fully saturated rings. The molecular formula is C16H15ClN4O2. The van der Waals surface area contributed by atoms with Crippen LogP contribution in [0.15, 0.2) is 48.8 Å². The summed E-state index contributed by atoms with van der Waals surface area (Å²) in [6, 6.07) is 9.87. The number of benzene rings is 1. The maximum atomic E-state index is 12.1. The van der Waals surface area contributed by atoms with Crippen LogP contribution in [0.1, 0.15) is 6.42 Å². The van der Waals surface area contributed by atoms with E-state index in [9.17, 15) is 9.59 Å². The number of urea groups is 1. The predicted molar refractivity (Wildman–Crippen MR) is 88.6 cm³/mol. The molecule has 1 aromatic heterocycles. The topological polar surface area (TPSA) is 74.3 Å². The molecule has 0 saturated carbocycles. The summed E-state index contributed by atoms with van der Waals surface area (Å²) in [5.74, 6) is -0.0264. The summed E-state index contributed by atoms with van der Waals surface area (Å²) >= 11 is 5.86. The van der Waals surface area contributed by atoms with Crippen molar-refractivity contribution in [2.75, 3.05) is 16.8 Å². The molecule has 1 unspecified atom stereocenters. The predicted octanol–water partition coefficient (Wildman–Crippen LogP) is 2.66. The second-order valence-corrected chi connectivity index (χ2v) is 5.65. The molecule has 3 amide bonds. The van der Waals surface area contributed by atoms with Crippen LogP contribution in [-0.4, -0.2) is 29.5 Å². The standard InChI is InChI=1S/C16H15ClN4O2/c17-11-1-3-14(4-2-11)21-10-13(9-15(21)22)20-16(23)19-12-5-7-18-8-6-12/h1-8,13H,9-10H2,(H2,18,19,20,23). The van der Waals surface area contributed by atoms with Crippen molar-refractivity contribution in [1.82, 2.24) is 10.3 Å². The molecule has 23 heavy (non-hydrogen) atoms. The molecule has 1 aliphatic heterocycles. The third kappa shape index (κ3) is 3.78. The van der Waals surface area contributed by atoms with Gasteiger partial charge in [-0.2, -0.15) is 0 Å². The molecule has 0 spiro atoms. The monoisotopic (exact) mass is 330 g/mol.